The second kappa shape index (κ2) is 7.09. The van der Waals surface area contributed by atoms with Crippen molar-refractivity contribution in [3.8, 4) is 0 Å². The number of Topliss-reactive ketones (excluding diaryl/α,β-unsaturated/α-hetero) is 1. The summed E-state index contributed by atoms with van der Waals surface area (Å²) in [7, 11) is 1.93. The van der Waals surface area contributed by atoms with Crippen LogP contribution in [-0.4, -0.2) is 48.3 Å². The van der Waals surface area contributed by atoms with E-state index in [1.807, 2.05) is 25.8 Å². The minimum absolute atomic E-state index is 0. The van der Waals surface area contributed by atoms with Gasteiger partial charge in [0.15, 0.2) is 5.78 Å². The highest BCUT2D eigenvalue weighted by Gasteiger charge is 2.29. The van der Waals surface area contributed by atoms with Crippen LogP contribution < -0.4 is 5.32 Å². The number of halogens is 1. The number of aryl methyl sites for hydroxylation is 1. The normalized spacial score (nSPS) is 17.7. The molecule has 1 atom stereocenters. The van der Waals surface area contributed by atoms with E-state index in [1.165, 1.54) is 6.92 Å². The Labute approximate surface area is 131 Å². The number of H-pyrrole nitrogens is 1. The molecule has 1 aromatic rings. The maximum Gasteiger partial charge on any atom is 0.270 e. The number of nitrogens with zero attached hydrogens (tertiary/aromatic N) is 1. The van der Waals surface area contributed by atoms with Gasteiger partial charge in [0, 0.05) is 24.3 Å². The van der Waals surface area contributed by atoms with Crippen molar-refractivity contribution in [3.05, 3.63) is 22.5 Å². The maximum absolute atomic E-state index is 12.6. The number of ketones is 1. The van der Waals surface area contributed by atoms with E-state index in [1.54, 1.807) is 0 Å². The molecule has 6 heteroatoms. The first-order valence-corrected chi connectivity index (χ1v) is 7.09. The molecule has 0 radical (unpaired) electrons. The molecular weight excluding hydrogens is 290 g/mol. The molecule has 5 nitrogen and oxygen atoms in total. The highest BCUT2D eigenvalue weighted by atomic mass is 35.5. The summed E-state index contributed by atoms with van der Waals surface area (Å²) < 4.78 is 0. The molecule has 1 fully saturated rings. The molecule has 1 aliphatic rings. The number of aromatic amines is 1. The molecule has 21 heavy (non-hydrogen) atoms. The number of likely N-dealkylation sites (tertiary alicyclic amines) is 1. The molecule has 1 amide bonds. The molecule has 0 aliphatic carbocycles. The second-order valence-electron chi connectivity index (χ2n) is 5.64. The average molecular weight is 314 g/mol. The number of carbonyl (C=O) groups excluding carboxylic acids is 2. The zero-order valence-corrected chi connectivity index (χ0v) is 13.9. The van der Waals surface area contributed by atoms with Crippen molar-refractivity contribution < 1.29 is 9.59 Å². The third-order valence-corrected chi connectivity index (χ3v) is 4.07. The van der Waals surface area contributed by atoms with Gasteiger partial charge >= 0.3 is 0 Å². The van der Waals surface area contributed by atoms with Gasteiger partial charge in [0.05, 0.1) is 0 Å². The first-order chi connectivity index (χ1) is 9.45. The monoisotopic (exact) mass is 313 g/mol. The molecule has 0 spiro atoms. The average Bonchev–Trinajstić information content (AvgIpc) is 2.94. The predicted octanol–water partition coefficient (Wildman–Crippen LogP) is 1.94. The smallest absolute Gasteiger partial charge is 0.270 e. The number of hydrogen-bond acceptors (Lipinski definition) is 3. The van der Waals surface area contributed by atoms with Crippen LogP contribution in [0.1, 0.15) is 45.4 Å². The summed E-state index contributed by atoms with van der Waals surface area (Å²) in [4.78, 5) is 29.2. The van der Waals surface area contributed by atoms with Crippen LogP contribution in [0.2, 0.25) is 0 Å². The predicted molar refractivity (Wildman–Crippen MR) is 85.5 cm³/mol. The van der Waals surface area contributed by atoms with Crippen LogP contribution in [0.5, 0.6) is 0 Å². The van der Waals surface area contributed by atoms with Crippen LogP contribution in [0.25, 0.3) is 0 Å². The van der Waals surface area contributed by atoms with Crippen LogP contribution in [0, 0.1) is 19.8 Å². The number of hydrogen-bond donors (Lipinski definition) is 2. The lowest BCUT2D eigenvalue weighted by Crippen LogP contribution is -2.31. The van der Waals surface area contributed by atoms with E-state index in [-0.39, 0.29) is 24.1 Å². The minimum Gasteiger partial charge on any atom is -0.354 e. The fourth-order valence-electron chi connectivity index (χ4n) is 3.12. The minimum atomic E-state index is 0. The van der Waals surface area contributed by atoms with E-state index in [9.17, 15) is 9.59 Å². The van der Waals surface area contributed by atoms with E-state index >= 15 is 0 Å². The topological polar surface area (TPSA) is 65.2 Å². The number of nitrogens with one attached hydrogen (secondary N) is 2. The van der Waals surface area contributed by atoms with Crippen molar-refractivity contribution in [1.29, 1.82) is 0 Å². The highest BCUT2D eigenvalue weighted by molar-refractivity contribution is 6.02. The Kier molecular flexibility index (Phi) is 5.98. The molecule has 1 saturated heterocycles. The van der Waals surface area contributed by atoms with Gasteiger partial charge in [-0.05, 0) is 52.3 Å². The van der Waals surface area contributed by atoms with E-state index in [0.29, 0.717) is 17.2 Å². The largest absolute Gasteiger partial charge is 0.354 e. The van der Waals surface area contributed by atoms with Gasteiger partial charge in [0.1, 0.15) is 5.69 Å². The lowest BCUT2D eigenvalue weighted by molar-refractivity contribution is 0.0781. The quantitative estimate of drug-likeness (QED) is 0.835. The summed E-state index contributed by atoms with van der Waals surface area (Å²) >= 11 is 0. The zero-order chi connectivity index (χ0) is 14.9. The first-order valence-electron chi connectivity index (χ1n) is 7.09. The van der Waals surface area contributed by atoms with Crippen LogP contribution in [0.4, 0.5) is 0 Å². The van der Waals surface area contributed by atoms with Gasteiger partial charge in [0.25, 0.3) is 5.91 Å². The van der Waals surface area contributed by atoms with Gasteiger partial charge in [-0.1, -0.05) is 0 Å². The highest BCUT2D eigenvalue weighted by Crippen LogP contribution is 2.23. The zero-order valence-electron chi connectivity index (χ0n) is 13.1. The van der Waals surface area contributed by atoms with Crippen molar-refractivity contribution in [2.24, 2.45) is 5.92 Å². The molecule has 0 aromatic carbocycles. The van der Waals surface area contributed by atoms with Gasteiger partial charge < -0.3 is 15.2 Å². The van der Waals surface area contributed by atoms with Crippen LogP contribution in [0.15, 0.2) is 0 Å². The third-order valence-electron chi connectivity index (χ3n) is 4.07. The van der Waals surface area contributed by atoms with Crippen molar-refractivity contribution in [2.75, 3.05) is 26.7 Å². The van der Waals surface area contributed by atoms with Crippen LogP contribution in [-0.2, 0) is 0 Å². The molecule has 0 bridgehead atoms. The molecule has 1 aromatic heterocycles. The fourth-order valence-corrected chi connectivity index (χ4v) is 3.12. The first kappa shape index (κ1) is 17.7. The number of amides is 1. The molecule has 1 unspecified atom stereocenters. The molecule has 1 aliphatic heterocycles. The Morgan fingerprint density at radius 2 is 2.05 bits per heavy atom. The van der Waals surface area contributed by atoms with Crippen LogP contribution in [0.3, 0.4) is 0 Å². The van der Waals surface area contributed by atoms with E-state index in [2.05, 4.69) is 10.3 Å². The lowest BCUT2D eigenvalue weighted by Gasteiger charge is -2.16. The van der Waals surface area contributed by atoms with Crippen LogP contribution >= 0.6 is 12.4 Å². The maximum atomic E-state index is 12.6. The van der Waals surface area contributed by atoms with Gasteiger partial charge in [-0.25, -0.2) is 0 Å². The molecule has 118 valence electrons. The summed E-state index contributed by atoms with van der Waals surface area (Å²) in [5.41, 5.74) is 2.78. The molecular formula is C15H24ClN3O2. The van der Waals surface area contributed by atoms with E-state index in [4.69, 9.17) is 0 Å². The summed E-state index contributed by atoms with van der Waals surface area (Å²) in [6.45, 7) is 7.73. The van der Waals surface area contributed by atoms with Crippen molar-refractivity contribution >= 4 is 24.1 Å². The summed E-state index contributed by atoms with van der Waals surface area (Å²) in [6.07, 6.45) is 1.03. The Morgan fingerprint density at radius 1 is 1.38 bits per heavy atom. The molecule has 2 N–H and O–H groups in total. The fraction of sp³-hybridized carbons (Fsp3) is 0.600. The van der Waals surface area contributed by atoms with Gasteiger partial charge in [0.2, 0.25) is 0 Å². The van der Waals surface area contributed by atoms with Gasteiger partial charge in [-0.3, -0.25) is 9.59 Å². The van der Waals surface area contributed by atoms with Gasteiger partial charge in [-0.15, -0.1) is 12.4 Å². The van der Waals surface area contributed by atoms with Crippen molar-refractivity contribution in [1.82, 2.24) is 15.2 Å². The van der Waals surface area contributed by atoms with Gasteiger partial charge in [-0.2, -0.15) is 0 Å². The Balaban J connectivity index is 0.00000220. The number of rotatable bonds is 4. The SMILES string of the molecule is CNCC1CCN(C(=O)c2[nH]c(C)c(C(C)=O)c2C)C1.Cl. The number of aromatic nitrogens is 1. The Bertz CT molecular complexity index is 539. The second-order valence-corrected chi connectivity index (χ2v) is 5.64. The summed E-state index contributed by atoms with van der Waals surface area (Å²) in [5.74, 6) is 0.536. The van der Waals surface area contributed by atoms with E-state index < -0.39 is 0 Å². The molecule has 2 heterocycles. The summed E-state index contributed by atoms with van der Waals surface area (Å²) in [6, 6.07) is 0. The summed E-state index contributed by atoms with van der Waals surface area (Å²) in [5, 5.41) is 3.16. The van der Waals surface area contributed by atoms with Crippen molar-refractivity contribution in [3.63, 3.8) is 0 Å². The molecule has 0 saturated carbocycles. The number of carbonyl (C=O) groups is 2. The van der Waals surface area contributed by atoms with Crippen molar-refractivity contribution in [2.45, 2.75) is 27.2 Å². The Morgan fingerprint density at radius 3 is 2.57 bits per heavy atom. The molecule has 2 rings (SSSR count). The Hall–Kier alpha value is -1.33. The third kappa shape index (κ3) is 3.47. The lowest BCUT2D eigenvalue weighted by atomic mass is 10.1. The van der Waals surface area contributed by atoms with E-state index in [0.717, 1.165) is 37.3 Å². The standard InChI is InChI=1S/C15H23N3O2.ClH/c1-9-13(11(3)19)10(2)17-14(9)15(20)18-6-5-12(8-18)7-16-4;/h12,16-17H,5-8H2,1-4H3;1H.